The molecule has 2 aliphatic heterocycles. The molecule has 0 unspecified atom stereocenters. The quantitative estimate of drug-likeness (QED) is 0.612. The Morgan fingerprint density at radius 2 is 1.42 bits per heavy atom. The van der Waals surface area contributed by atoms with Gasteiger partial charge in [0.1, 0.15) is 0 Å². The first-order valence-electron chi connectivity index (χ1n) is 11.1. The lowest BCUT2D eigenvalue weighted by atomic mass is 9.98. The number of ether oxygens (including phenoxy) is 2. The van der Waals surface area contributed by atoms with Crippen LogP contribution in [0.15, 0.2) is 36.4 Å². The standard InChI is InChI=1S/C25H33N3O3.2ClH/c1-19-4-6-20(7-5-19)16-26-10-12-27(13-11-26)18-25(29)28-9-8-21-14-23(30-2)24(31-3)15-22(21)17-28;;/h4-7,14-15H,8-13,16-18H2,1-3H3;2*1H. The smallest absolute Gasteiger partial charge is 0.237 e. The highest BCUT2D eigenvalue weighted by molar-refractivity contribution is 5.85. The molecule has 1 fully saturated rings. The SMILES string of the molecule is COc1cc2c(cc1OC)CN(C(=O)CN1CCN(Cc3ccc(C)cc3)CC1)CC2.Cl.Cl. The van der Waals surface area contributed by atoms with Gasteiger partial charge in [-0.25, -0.2) is 0 Å². The summed E-state index contributed by atoms with van der Waals surface area (Å²) < 4.78 is 10.8. The largest absolute Gasteiger partial charge is 0.493 e. The Labute approximate surface area is 209 Å². The zero-order chi connectivity index (χ0) is 21.8. The molecule has 0 spiro atoms. The fraction of sp³-hybridized carbons (Fsp3) is 0.480. The highest BCUT2D eigenvalue weighted by Gasteiger charge is 2.25. The third-order valence-corrected chi connectivity index (χ3v) is 6.42. The summed E-state index contributed by atoms with van der Waals surface area (Å²) in [6, 6.07) is 12.8. The maximum atomic E-state index is 13.0. The molecule has 0 aromatic heterocycles. The van der Waals surface area contributed by atoms with Crippen molar-refractivity contribution in [3.05, 3.63) is 58.7 Å². The van der Waals surface area contributed by atoms with Crippen molar-refractivity contribution in [2.45, 2.75) is 26.4 Å². The van der Waals surface area contributed by atoms with Crippen LogP contribution in [-0.4, -0.2) is 74.1 Å². The van der Waals surface area contributed by atoms with Gasteiger partial charge in [-0.3, -0.25) is 14.6 Å². The first-order chi connectivity index (χ1) is 15.1. The summed E-state index contributed by atoms with van der Waals surface area (Å²) in [5.41, 5.74) is 5.05. The Morgan fingerprint density at radius 1 is 0.848 bits per heavy atom. The van der Waals surface area contributed by atoms with Gasteiger partial charge in [0.2, 0.25) is 5.91 Å². The first-order valence-corrected chi connectivity index (χ1v) is 11.1. The molecule has 1 saturated heterocycles. The molecule has 0 saturated carbocycles. The van der Waals surface area contributed by atoms with E-state index in [1.165, 1.54) is 16.7 Å². The molecular weight excluding hydrogens is 461 g/mol. The lowest BCUT2D eigenvalue weighted by Crippen LogP contribution is -2.50. The number of piperazine rings is 1. The van der Waals surface area contributed by atoms with Crippen molar-refractivity contribution in [2.24, 2.45) is 0 Å². The maximum Gasteiger partial charge on any atom is 0.237 e. The normalized spacial score (nSPS) is 16.3. The third kappa shape index (κ3) is 6.76. The molecule has 2 aliphatic rings. The molecule has 4 rings (SSSR count). The van der Waals surface area contributed by atoms with Gasteiger partial charge in [-0.15, -0.1) is 24.8 Å². The fourth-order valence-electron chi connectivity index (χ4n) is 4.44. The molecule has 6 nitrogen and oxygen atoms in total. The summed E-state index contributed by atoms with van der Waals surface area (Å²) in [7, 11) is 3.30. The van der Waals surface area contributed by atoms with E-state index in [1.54, 1.807) is 14.2 Å². The van der Waals surface area contributed by atoms with Crippen molar-refractivity contribution < 1.29 is 14.3 Å². The van der Waals surface area contributed by atoms with Gasteiger partial charge in [0.25, 0.3) is 0 Å². The highest BCUT2D eigenvalue weighted by atomic mass is 35.5. The molecular formula is C25H35Cl2N3O3. The zero-order valence-corrected chi connectivity index (χ0v) is 21.3. The lowest BCUT2D eigenvalue weighted by Gasteiger charge is -2.36. The van der Waals surface area contributed by atoms with Crippen molar-refractivity contribution in [1.82, 2.24) is 14.7 Å². The molecule has 0 radical (unpaired) electrons. The summed E-state index contributed by atoms with van der Waals surface area (Å²) in [6.45, 7) is 8.88. The predicted molar refractivity (Wildman–Crippen MR) is 136 cm³/mol. The van der Waals surface area contributed by atoms with E-state index in [-0.39, 0.29) is 30.7 Å². The Hall–Kier alpha value is -1.99. The van der Waals surface area contributed by atoms with E-state index in [0.29, 0.717) is 13.1 Å². The number of rotatable bonds is 6. The van der Waals surface area contributed by atoms with E-state index in [0.717, 1.165) is 62.8 Å². The van der Waals surface area contributed by atoms with Gasteiger partial charge in [-0.2, -0.15) is 0 Å². The minimum absolute atomic E-state index is 0. The van der Waals surface area contributed by atoms with Crippen LogP contribution in [0.25, 0.3) is 0 Å². The number of benzene rings is 2. The minimum atomic E-state index is 0. The Balaban J connectivity index is 0.00000193. The molecule has 2 aromatic rings. The molecule has 2 aromatic carbocycles. The summed E-state index contributed by atoms with van der Waals surface area (Å²) in [5.74, 6) is 1.69. The Morgan fingerprint density at radius 3 is 2.03 bits per heavy atom. The lowest BCUT2D eigenvalue weighted by molar-refractivity contribution is -0.133. The van der Waals surface area contributed by atoms with E-state index in [1.807, 2.05) is 17.0 Å². The van der Waals surface area contributed by atoms with E-state index < -0.39 is 0 Å². The van der Waals surface area contributed by atoms with Crippen LogP contribution in [0, 0.1) is 6.92 Å². The van der Waals surface area contributed by atoms with Crippen LogP contribution in [0.1, 0.15) is 22.3 Å². The van der Waals surface area contributed by atoms with Gasteiger partial charge < -0.3 is 14.4 Å². The number of carbonyl (C=O) groups is 1. The second-order valence-corrected chi connectivity index (χ2v) is 8.58. The van der Waals surface area contributed by atoms with Gasteiger partial charge in [0.15, 0.2) is 11.5 Å². The van der Waals surface area contributed by atoms with Crippen LogP contribution in [0.2, 0.25) is 0 Å². The third-order valence-electron chi connectivity index (χ3n) is 6.42. The molecule has 0 N–H and O–H groups in total. The molecule has 8 heteroatoms. The van der Waals surface area contributed by atoms with E-state index in [2.05, 4.69) is 41.0 Å². The van der Waals surface area contributed by atoms with Gasteiger partial charge in [-0.05, 0) is 42.2 Å². The molecule has 0 bridgehead atoms. The fourth-order valence-corrected chi connectivity index (χ4v) is 4.44. The number of halogens is 2. The summed E-state index contributed by atoms with van der Waals surface area (Å²) in [5, 5.41) is 0. The first kappa shape index (κ1) is 27.3. The highest BCUT2D eigenvalue weighted by Crippen LogP contribution is 2.33. The van der Waals surface area contributed by atoms with E-state index in [4.69, 9.17) is 9.47 Å². The molecule has 33 heavy (non-hydrogen) atoms. The van der Waals surface area contributed by atoms with E-state index in [9.17, 15) is 4.79 Å². The number of hydrogen-bond acceptors (Lipinski definition) is 5. The number of amides is 1. The topological polar surface area (TPSA) is 45.3 Å². The number of methoxy groups -OCH3 is 2. The van der Waals surface area contributed by atoms with Crippen LogP contribution in [0.5, 0.6) is 11.5 Å². The van der Waals surface area contributed by atoms with Gasteiger partial charge in [0, 0.05) is 45.8 Å². The number of hydrogen-bond donors (Lipinski definition) is 0. The van der Waals surface area contributed by atoms with Gasteiger partial charge in [0.05, 0.1) is 20.8 Å². The van der Waals surface area contributed by atoms with E-state index >= 15 is 0 Å². The average molecular weight is 496 g/mol. The Bertz CT molecular complexity index is 916. The molecule has 0 atom stereocenters. The van der Waals surface area contributed by atoms with Crippen LogP contribution < -0.4 is 9.47 Å². The monoisotopic (exact) mass is 495 g/mol. The van der Waals surface area contributed by atoms with Crippen molar-refractivity contribution >= 4 is 30.7 Å². The number of fused-ring (bicyclic) bond motifs is 1. The molecule has 2 heterocycles. The van der Waals surface area contributed by atoms with Crippen LogP contribution in [0.3, 0.4) is 0 Å². The number of carbonyl (C=O) groups excluding carboxylic acids is 1. The summed E-state index contributed by atoms with van der Waals surface area (Å²) >= 11 is 0. The number of nitrogens with zero attached hydrogens (tertiary/aromatic N) is 3. The summed E-state index contributed by atoms with van der Waals surface area (Å²) in [6.07, 6.45) is 0.853. The number of aryl methyl sites for hydroxylation is 1. The minimum Gasteiger partial charge on any atom is -0.493 e. The molecule has 0 aliphatic carbocycles. The van der Waals surface area contributed by atoms with Crippen LogP contribution in [-0.2, 0) is 24.3 Å². The second-order valence-electron chi connectivity index (χ2n) is 8.58. The maximum absolute atomic E-state index is 13.0. The Kier molecular flexibility index (Phi) is 10.3. The van der Waals surface area contributed by atoms with Crippen molar-refractivity contribution in [3.8, 4) is 11.5 Å². The molecule has 1 amide bonds. The van der Waals surface area contributed by atoms with Gasteiger partial charge >= 0.3 is 0 Å². The van der Waals surface area contributed by atoms with Crippen molar-refractivity contribution in [1.29, 1.82) is 0 Å². The second kappa shape index (κ2) is 12.5. The van der Waals surface area contributed by atoms with Crippen LogP contribution in [0.4, 0.5) is 0 Å². The summed E-state index contributed by atoms with van der Waals surface area (Å²) in [4.78, 5) is 19.7. The predicted octanol–water partition coefficient (Wildman–Crippen LogP) is 3.56. The molecule has 182 valence electrons. The van der Waals surface area contributed by atoms with Gasteiger partial charge in [-0.1, -0.05) is 29.8 Å². The zero-order valence-electron chi connectivity index (χ0n) is 19.7. The van der Waals surface area contributed by atoms with Crippen molar-refractivity contribution in [3.63, 3.8) is 0 Å². The van der Waals surface area contributed by atoms with Crippen LogP contribution >= 0.6 is 24.8 Å². The average Bonchev–Trinajstić information content (AvgIpc) is 2.80. The van der Waals surface area contributed by atoms with Crippen molar-refractivity contribution in [2.75, 3.05) is 53.5 Å².